The molecule has 0 bridgehead atoms. The van der Waals surface area contributed by atoms with E-state index in [1.807, 2.05) is 13.8 Å². The minimum atomic E-state index is -0.757. The van der Waals surface area contributed by atoms with Gasteiger partial charge in [-0.25, -0.2) is 0 Å². The maximum atomic E-state index is 11.7. The van der Waals surface area contributed by atoms with Crippen molar-refractivity contribution in [1.29, 1.82) is 0 Å². The lowest BCUT2D eigenvalue weighted by Gasteiger charge is -2.34. The normalized spacial score (nSPS) is 30.1. The van der Waals surface area contributed by atoms with Crippen LogP contribution in [0.15, 0.2) is 0 Å². The molecule has 14 heavy (non-hydrogen) atoms. The summed E-state index contributed by atoms with van der Waals surface area (Å²) in [5.41, 5.74) is 5.68. The summed E-state index contributed by atoms with van der Waals surface area (Å²) in [5, 5.41) is 0. The van der Waals surface area contributed by atoms with E-state index in [4.69, 9.17) is 5.73 Å². The topological polar surface area (TPSA) is 63.4 Å². The predicted octanol–water partition coefficient (Wildman–Crippen LogP) is -0.297. The van der Waals surface area contributed by atoms with E-state index in [1.54, 1.807) is 4.90 Å². The molecule has 0 aliphatic carbocycles. The SMILES string of the molecule is CC[C@@H](N)C(=O)N1CCS(=O)CC1C. The van der Waals surface area contributed by atoms with E-state index in [2.05, 4.69) is 0 Å². The molecule has 1 heterocycles. The molecule has 1 amide bonds. The van der Waals surface area contributed by atoms with E-state index in [0.717, 1.165) is 0 Å². The fourth-order valence-corrected chi connectivity index (χ4v) is 2.86. The van der Waals surface area contributed by atoms with Crippen LogP contribution < -0.4 is 5.73 Å². The van der Waals surface area contributed by atoms with Gasteiger partial charge in [-0.05, 0) is 13.3 Å². The van der Waals surface area contributed by atoms with Crippen molar-refractivity contribution >= 4 is 16.7 Å². The molecule has 0 aromatic carbocycles. The van der Waals surface area contributed by atoms with Crippen molar-refractivity contribution in [3.63, 3.8) is 0 Å². The summed E-state index contributed by atoms with van der Waals surface area (Å²) in [7, 11) is -0.757. The zero-order valence-corrected chi connectivity index (χ0v) is 9.55. The van der Waals surface area contributed by atoms with Gasteiger partial charge in [0, 0.05) is 34.9 Å². The molecule has 82 valence electrons. The molecule has 0 radical (unpaired) electrons. The van der Waals surface area contributed by atoms with E-state index in [0.29, 0.717) is 24.5 Å². The Kier molecular flexibility index (Phi) is 4.07. The van der Waals surface area contributed by atoms with Crippen LogP contribution in [0.4, 0.5) is 0 Å². The minimum absolute atomic E-state index is 0.00306. The number of carbonyl (C=O) groups excluding carboxylic acids is 1. The molecule has 0 spiro atoms. The molecule has 2 N–H and O–H groups in total. The minimum Gasteiger partial charge on any atom is -0.337 e. The molecular formula is C9H18N2O2S. The maximum absolute atomic E-state index is 11.7. The van der Waals surface area contributed by atoms with Gasteiger partial charge in [-0.15, -0.1) is 0 Å². The van der Waals surface area contributed by atoms with Crippen LogP contribution in [-0.4, -0.2) is 45.2 Å². The van der Waals surface area contributed by atoms with Crippen molar-refractivity contribution in [3.05, 3.63) is 0 Å². The van der Waals surface area contributed by atoms with Gasteiger partial charge in [0.25, 0.3) is 0 Å². The summed E-state index contributed by atoms with van der Waals surface area (Å²) in [6, 6.07) is -0.335. The van der Waals surface area contributed by atoms with Crippen LogP contribution in [0, 0.1) is 0 Å². The Morgan fingerprint density at radius 2 is 2.36 bits per heavy atom. The van der Waals surface area contributed by atoms with Gasteiger partial charge in [0.05, 0.1) is 6.04 Å². The highest BCUT2D eigenvalue weighted by atomic mass is 32.2. The first-order chi connectivity index (χ1) is 6.56. The Morgan fingerprint density at radius 1 is 1.71 bits per heavy atom. The van der Waals surface area contributed by atoms with Gasteiger partial charge in [0.2, 0.25) is 5.91 Å². The molecule has 1 aliphatic rings. The summed E-state index contributed by atoms with van der Waals surface area (Å²) in [6.45, 7) is 4.41. The highest BCUT2D eigenvalue weighted by Crippen LogP contribution is 2.10. The number of amides is 1. The zero-order chi connectivity index (χ0) is 10.7. The first kappa shape index (κ1) is 11.7. The van der Waals surface area contributed by atoms with Crippen LogP contribution in [0.2, 0.25) is 0 Å². The van der Waals surface area contributed by atoms with Gasteiger partial charge in [-0.3, -0.25) is 9.00 Å². The lowest BCUT2D eigenvalue weighted by Crippen LogP contribution is -2.53. The third-order valence-electron chi connectivity index (χ3n) is 2.56. The molecule has 1 saturated heterocycles. The third-order valence-corrected chi connectivity index (χ3v) is 4.05. The Labute approximate surface area is 87.3 Å². The summed E-state index contributed by atoms with van der Waals surface area (Å²) in [4.78, 5) is 13.5. The number of carbonyl (C=O) groups is 1. The first-order valence-corrected chi connectivity index (χ1v) is 6.46. The van der Waals surface area contributed by atoms with Crippen molar-refractivity contribution in [1.82, 2.24) is 4.90 Å². The van der Waals surface area contributed by atoms with E-state index in [1.165, 1.54) is 0 Å². The van der Waals surface area contributed by atoms with Gasteiger partial charge >= 0.3 is 0 Å². The number of hydrogen-bond donors (Lipinski definition) is 1. The lowest BCUT2D eigenvalue weighted by atomic mass is 10.2. The van der Waals surface area contributed by atoms with Crippen LogP contribution in [0.3, 0.4) is 0 Å². The Bertz CT molecular complexity index is 245. The maximum Gasteiger partial charge on any atom is 0.239 e. The van der Waals surface area contributed by atoms with Gasteiger partial charge in [0.1, 0.15) is 0 Å². The summed E-state index contributed by atoms with van der Waals surface area (Å²) in [6.07, 6.45) is 0.658. The smallest absolute Gasteiger partial charge is 0.239 e. The molecular weight excluding hydrogens is 200 g/mol. The van der Waals surface area contributed by atoms with Gasteiger partial charge in [-0.2, -0.15) is 0 Å². The van der Waals surface area contributed by atoms with Crippen LogP contribution in [0.5, 0.6) is 0 Å². The Morgan fingerprint density at radius 3 is 2.86 bits per heavy atom. The molecule has 2 unspecified atom stereocenters. The molecule has 0 aromatic heterocycles. The second kappa shape index (κ2) is 4.89. The molecule has 4 nitrogen and oxygen atoms in total. The van der Waals surface area contributed by atoms with Crippen LogP contribution >= 0.6 is 0 Å². The Hall–Kier alpha value is -0.420. The fourth-order valence-electron chi connectivity index (χ4n) is 1.58. The van der Waals surface area contributed by atoms with Crippen LogP contribution in [0.1, 0.15) is 20.3 Å². The average Bonchev–Trinajstić information content (AvgIpc) is 2.15. The van der Waals surface area contributed by atoms with Crippen molar-refractivity contribution in [2.45, 2.75) is 32.4 Å². The molecule has 1 aliphatic heterocycles. The van der Waals surface area contributed by atoms with Crippen molar-refractivity contribution in [2.75, 3.05) is 18.1 Å². The summed E-state index contributed by atoms with van der Waals surface area (Å²) >= 11 is 0. The third kappa shape index (κ3) is 2.54. The van der Waals surface area contributed by atoms with Gasteiger partial charge < -0.3 is 10.6 Å². The van der Waals surface area contributed by atoms with E-state index < -0.39 is 16.8 Å². The number of hydrogen-bond acceptors (Lipinski definition) is 3. The quantitative estimate of drug-likeness (QED) is 0.692. The summed E-state index contributed by atoms with van der Waals surface area (Å²) in [5.74, 6) is 1.17. The highest BCUT2D eigenvalue weighted by Gasteiger charge is 2.28. The van der Waals surface area contributed by atoms with Gasteiger partial charge in [-0.1, -0.05) is 6.92 Å². The molecule has 0 saturated carbocycles. The predicted molar refractivity (Wildman–Crippen MR) is 57.3 cm³/mol. The number of nitrogens with two attached hydrogens (primary N) is 1. The molecule has 5 heteroatoms. The average molecular weight is 218 g/mol. The summed E-state index contributed by atoms with van der Waals surface area (Å²) < 4.78 is 11.2. The van der Waals surface area contributed by atoms with Crippen molar-refractivity contribution in [2.24, 2.45) is 5.73 Å². The van der Waals surface area contributed by atoms with Crippen LogP contribution in [-0.2, 0) is 15.6 Å². The van der Waals surface area contributed by atoms with Crippen molar-refractivity contribution < 1.29 is 9.00 Å². The van der Waals surface area contributed by atoms with E-state index in [9.17, 15) is 9.00 Å². The van der Waals surface area contributed by atoms with E-state index >= 15 is 0 Å². The Balaban J connectivity index is 2.60. The van der Waals surface area contributed by atoms with Crippen LogP contribution in [0.25, 0.3) is 0 Å². The van der Waals surface area contributed by atoms with Crippen molar-refractivity contribution in [3.8, 4) is 0 Å². The lowest BCUT2D eigenvalue weighted by molar-refractivity contribution is -0.134. The first-order valence-electron chi connectivity index (χ1n) is 4.97. The second-order valence-corrected chi connectivity index (χ2v) is 5.33. The zero-order valence-electron chi connectivity index (χ0n) is 8.73. The second-order valence-electron chi connectivity index (χ2n) is 3.71. The molecule has 3 atom stereocenters. The molecule has 1 fully saturated rings. The van der Waals surface area contributed by atoms with Gasteiger partial charge in [0.15, 0.2) is 0 Å². The van der Waals surface area contributed by atoms with E-state index in [-0.39, 0.29) is 11.9 Å². The standard InChI is InChI=1S/C9H18N2O2S/c1-3-8(10)9(12)11-4-5-14(13)6-7(11)2/h7-8H,3-6,10H2,1-2H3/t7?,8-,14?/m1/s1. The number of nitrogens with zero attached hydrogens (tertiary/aromatic N) is 1. The largest absolute Gasteiger partial charge is 0.337 e. The monoisotopic (exact) mass is 218 g/mol. The number of rotatable bonds is 2. The highest BCUT2D eigenvalue weighted by molar-refractivity contribution is 7.85. The fraction of sp³-hybridized carbons (Fsp3) is 0.889. The molecule has 0 aromatic rings. The molecule has 1 rings (SSSR count).